The van der Waals surface area contributed by atoms with Gasteiger partial charge in [0.1, 0.15) is 5.75 Å². The zero-order chi connectivity index (χ0) is 14.4. The van der Waals surface area contributed by atoms with Crippen LogP contribution >= 0.6 is 0 Å². The molecular weight excluding hydrogens is 248 g/mol. The van der Waals surface area contributed by atoms with Crippen LogP contribution in [-0.2, 0) is 0 Å². The highest BCUT2D eigenvalue weighted by Crippen LogP contribution is 2.22. The third-order valence-corrected chi connectivity index (χ3v) is 4.13. The van der Waals surface area contributed by atoms with Crippen LogP contribution in [0.2, 0.25) is 0 Å². The molecule has 0 aromatic heterocycles. The molecule has 2 unspecified atom stereocenters. The summed E-state index contributed by atoms with van der Waals surface area (Å²) >= 11 is 0. The number of rotatable bonds is 6. The van der Waals surface area contributed by atoms with Crippen LogP contribution in [0.5, 0.6) is 5.75 Å². The number of piperidine rings is 1. The Labute approximate surface area is 123 Å². The second-order valence-electron chi connectivity index (χ2n) is 5.89. The summed E-state index contributed by atoms with van der Waals surface area (Å²) in [6.45, 7) is 9.07. The van der Waals surface area contributed by atoms with E-state index in [1.807, 2.05) is 6.07 Å². The molecule has 1 aliphatic heterocycles. The summed E-state index contributed by atoms with van der Waals surface area (Å²) in [4.78, 5) is 2.60. The molecule has 0 spiro atoms. The third kappa shape index (κ3) is 4.22. The van der Waals surface area contributed by atoms with Crippen molar-refractivity contribution in [3.63, 3.8) is 0 Å². The largest absolute Gasteiger partial charge is 0.497 e. The number of ether oxygens (including phenoxy) is 1. The van der Waals surface area contributed by atoms with Crippen molar-refractivity contribution < 1.29 is 4.74 Å². The average Bonchev–Trinajstić information content (AvgIpc) is 2.47. The first-order valence-corrected chi connectivity index (χ1v) is 7.82. The Balaban J connectivity index is 2.05. The molecule has 1 saturated heterocycles. The van der Waals surface area contributed by atoms with Crippen LogP contribution in [0.4, 0.5) is 0 Å². The SMILES string of the molecule is CCNC(CN1CCCC(C)C1)c1cccc(OC)c1. The van der Waals surface area contributed by atoms with E-state index in [2.05, 4.69) is 42.3 Å². The lowest BCUT2D eigenvalue weighted by molar-refractivity contribution is 0.167. The minimum atomic E-state index is 0.389. The molecular formula is C17H28N2O. The lowest BCUT2D eigenvalue weighted by Gasteiger charge is -2.34. The van der Waals surface area contributed by atoms with Gasteiger partial charge in [-0.1, -0.05) is 26.0 Å². The molecule has 1 heterocycles. The van der Waals surface area contributed by atoms with Gasteiger partial charge in [-0.15, -0.1) is 0 Å². The summed E-state index contributed by atoms with van der Waals surface area (Å²) in [5.41, 5.74) is 1.32. The van der Waals surface area contributed by atoms with Gasteiger partial charge in [-0.25, -0.2) is 0 Å². The highest BCUT2D eigenvalue weighted by Gasteiger charge is 2.20. The normalized spacial score (nSPS) is 21.6. The van der Waals surface area contributed by atoms with Gasteiger partial charge >= 0.3 is 0 Å². The summed E-state index contributed by atoms with van der Waals surface area (Å²) in [5.74, 6) is 1.77. The highest BCUT2D eigenvalue weighted by molar-refractivity contribution is 5.30. The molecule has 112 valence electrons. The summed E-state index contributed by atoms with van der Waals surface area (Å²) in [6, 6.07) is 8.83. The van der Waals surface area contributed by atoms with Crippen LogP contribution in [0.1, 0.15) is 38.3 Å². The molecule has 0 aliphatic carbocycles. The van der Waals surface area contributed by atoms with Crippen molar-refractivity contribution in [2.75, 3.05) is 33.3 Å². The van der Waals surface area contributed by atoms with Gasteiger partial charge < -0.3 is 15.0 Å². The molecule has 1 fully saturated rings. The lowest BCUT2D eigenvalue weighted by atomic mass is 9.98. The second kappa shape index (κ2) is 7.65. The first-order valence-electron chi connectivity index (χ1n) is 7.82. The van der Waals surface area contributed by atoms with Crippen molar-refractivity contribution in [3.05, 3.63) is 29.8 Å². The predicted molar refractivity (Wildman–Crippen MR) is 84.2 cm³/mol. The zero-order valence-electron chi connectivity index (χ0n) is 13.1. The highest BCUT2D eigenvalue weighted by atomic mass is 16.5. The molecule has 1 N–H and O–H groups in total. The summed E-state index contributed by atoms with van der Waals surface area (Å²) in [7, 11) is 1.73. The van der Waals surface area contributed by atoms with Gasteiger partial charge in [0.25, 0.3) is 0 Å². The fourth-order valence-corrected chi connectivity index (χ4v) is 3.10. The number of nitrogens with zero attached hydrogens (tertiary/aromatic N) is 1. The third-order valence-electron chi connectivity index (χ3n) is 4.13. The monoisotopic (exact) mass is 276 g/mol. The van der Waals surface area contributed by atoms with E-state index in [9.17, 15) is 0 Å². The Bertz CT molecular complexity index is 408. The molecule has 1 aromatic carbocycles. The minimum absolute atomic E-state index is 0.389. The summed E-state index contributed by atoms with van der Waals surface area (Å²) in [5, 5.41) is 3.62. The van der Waals surface area contributed by atoms with E-state index in [1.54, 1.807) is 7.11 Å². The molecule has 3 nitrogen and oxygen atoms in total. The molecule has 20 heavy (non-hydrogen) atoms. The van der Waals surface area contributed by atoms with Gasteiger partial charge in [-0.2, -0.15) is 0 Å². The molecule has 0 saturated carbocycles. The maximum atomic E-state index is 5.35. The van der Waals surface area contributed by atoms with E-state index in [-0.39, 0.29) is 0 Å². The Hall–Kier alpha value is -1.06. The molecule has 1 aliphatic rings. The van der Waals surface area contributed by atoms with Crippen LogP contribution in [0.15, 0.2) is 24.3 Å². The van der Waals surface area contributed by atoms with Gasteiger partial charge in [0.05, 0.1) is 7.11 Å². The maximum absolute atomic E-state index is 5.35. The van der Waals surface area contributed by atoms with Gasteiger partial charge in [-0.3, -0.25) is 0 Å². The Morgan fingerprint density at radius 2 is 2.30 bits per heavy atom. The standard InChI is InChI=1S/C17H28N2O/c1-4-18-17(13-19-10-6-7-14(2)12-19)15-8-5-9-16(11-15)20-3/h5,8-9,11,14,17-18H,4,6-7,10,12-13H2,1-3H3. The van der Waals surface area contributed by atoms with E-state index in [1.165, 1.54) is 31.5 Å². The summed E-state index contributed by atoms with van der Waals surface area (Å²) in [6.07, 6.45) is 2.71. The smallest absolute Gasteiger partial charge is 0.119 e. The molecule has 0 amide bonds. The Kier molecular flexibility index (Phi) is 5.86. The number of methoxy groups -OCH3 is 1. The van der Waals surface area contributed by atoms with Gasteiger partial charge in [0.2, 0.25) is 0 Å². The van der Waals surface area contributed by atoms with E-state index in [0.29, 0.717) is 6.04 Å². The fourth-order valence-electron chi connectivity index (χ4n) is 3.10. The molecule has 0 radical (unpaired) electrons. The van der Waals surface area contributed by atoms with Crippen LogP contribution in [0.25, 0.3) is 0 Å². The molecule has 1 aromatic rings. The topological polar surface area (TPSA) is 24.5 Å². The minimum Gasteiger partial charge on any atom is -0.497 e. The quantitative estimate of drug-likeness (QED) is 0.864. The number of nitrogens with one attached hydrogen (secondary N) is 1. The molecule has 2 rings (SSSR count). The molecule has 0 bridgehead atoms. The first-order chi connectivity index (χ1) is 9.72. The van der Waals surface area contributed by atoms with Crippen LogP contribution in [0.3, 0.4) is 0 Å². The van der Waals surface area contributed by atoms with Gasteiger partial charge in [0.15, 0.2) is 0 Å². The van der Waals surface area contributed by atoms with Crippen LogP contribution < -0.4 is 10.1 Å². The van der Waals surface area contributed by atoms with Crippen molar-refractivity contribution in [3.8, 4) is 5.75 Å². The van der Waals surface area contributed by atoms with E-state index in [4.69, 9.17) is 4.74 Å². The molecule has 3 heteroatoms. The van der Waals surface area contributed by atoms with Crippen LogP contribution in [-0.4, -0.2) is 38.2 Å². The van der Waals surface area contributed by atoms with E-state index >= 15 is 0 Å². The van der Waals surface area contributed by atoms with Crippen molar-refractivity contribution in [1.82, 2.24) is 10.2 Å². The number of likely N-dealkylation sites (N-methyl/N-ethyl adjacent to an activating group) is 1. The second-order valence-corrected chi connectivity index (χ2v) is 5.89. The van der Waals surface area contributed by atoms with Crippen molar-refractivity contribution in [2.45, 2.75) is 32.7 Å². The van der Waals surface area contributed by atoms with Gasteiger partial charge in [0, 0.05) is 19.1 Å². The van der Waals surface area contributed by atoms with E-state index < -0.39 is 0 Å². The average molecular weight is 276 g/mol. The first kappa shape index (κ1) is 15.3. The Morgan fingerprint density at radius 1 is 1.45 bits per heavy atom. The Morgan fingerprint density at radius 3 is 3.00 bits per heavy atom. The summed E-state index contributed by atoms with van der Waals surface area (Å²) < 4.78 is 5.35. The number of hydrogen-bond donors (Lipinski definition) is 1. The predicted octanol–water partition coefficient (Wildman–Crippen LogP) is 3.08. The zero-order valence-corrected chi connectivity index (χ0v) is 13.1. The maximum Gasteiger partial charge on any atom is 0.119 e. The number of hydrogen-bond acceptors (Lipinski definition) is 3. The van der Waals surface area contributed by atoms with Crippen molar-refractivity contribution >= 4 is 0 Å². The van der Waals surface area contributed by atoms with Crippen molar-refractivity contribution in [1.29, 1.82) is 0 Å². The fraction of sp³-hybridized carbons (Fsp3) is 0.647. The van der Waals surface area contributed by atoms with Gasteiger partial charge in [-0.05, 0) is 49.5 Å². The number of likely N-dealkylation sites (tertiary alicyclic amines) is 1. The lowest BCUT2D eigenvalue weighted by Crippen LogP contribution is -2.40. The van der Waals surface area contributed by atoms with Crippen molar-refractivity contribution in [2.24, 2.45) is 5.92 Å². The van der Waals surface area contributed by atoms with Crippen LogP contribution in [0, 0.1) is 5.92 Å². The number of benzene rings is 1. The van der Waals surface area contributed by atoms with E-state index in [0.717, 1.165) is 24.8 Å². The molecule has 2 atom stereocenters.